The molecule has 5 nitrogen and oxygen atoms in total. The Morgan fingerprint density at radius 2 is 1.94 bits per heavy atom. The van der Waals surface area contributed by atoms with Gasteiger partial charge in [0.2, 0.25) is 10.0 Å². The van der Waals surface area contributed by atoms with E-state index in [1.165, 1.54) is 32.2 Å². The van der Waals surface area contributed by atoms with E-state index in [0.29, 0.717) is 11.1 Å². The van der Waals surface area contributed by atoms with E-state index in [1.807, 2.05) is 12.1 Å². The quantitative estimate of drug-likeness (QED) is 0.825. The Hall–Kier alpha value is -1.89. The van der Waals surface area contributed by atoms with Crippen molar-refractivity contribution in [3.8, 4) is 12.1 Å². The molecular formula is C12H13N3O2S. The van der Waals surface area contributed by atoms with Gasteiger partial charge in [0.05, 0.1) is 22.6 Å². The van der Waals surface area contributed by atoms with Gasteiger partial charge in [0.1, 0.15) is 6.04 Å². The van der Waals surface area contributed by atoms with E-state index in [0.717, 1.165) is 4.31 Å². The molecule has 0 aliphatic carbocycles. The summed E-state index contributed by atoms with van der Waals surface area (Å²) in [6.45, 7) is 3.18. The molecule has 0 saturated carbocycles. The molecule has 94 valence electrons. The predicted molar refractivity (Wildman–Crippen MR) is 65.9 cm³/mol. The van der Waals surface area contributed by atoms with Crippen LogP contribution in [0, 0.1) is 29.6 Å². The highest BCUT2D eigenvalue weighted by molar-refractivity contribution is 7.89. The largest absolute Gasteiger partial charge is 0.244 e. The van der Waals surface area contributed by atoms with E-state index >= 15 is 0 Å². The highest BCUT2D eigenvalue weighted by atomic mass is 32.2. The van der Waals surface area contributed by atoms with Gasteiger partial charge in [0.15, 0.2) is 0 Å². The minimum Gasteiger partial charge on any atom is -0.207 e. The summed E-state index contributed by atoms with van der Waals surface area (Å²) >= 11 is 0. The van der Waals surface area contributed by atoms with Gasteiger partial charge in [-0.2, -0.15) is 14.8 Å². The maximum absolute atomic E-state index is 12.2. The molecule has 0 bridgehead atoms. The number of nitrogens with zero attached hydrogens (tertiary/aromatic N) is 3. The first-order valence-corrected chi connectivity index (χ1v) is 6.67. The van der Waals surface area contributed by atoms with Gasteiger partial charge in [-0.05, 0) is 37.6 Å². The van der Waals surface area contributed by atoms with Crippen molar-refractivity contribution in [3.05, 3.63) is 29.3 Å². The fourth-order valence-corrected chi connectivity index (χ4v) is 2.74. The Morgan fingerprint density at radius 1 is 1.33 bits per heavy atom. The normalized spacial score (nSPS) is 12.8. The van der Waals surface area contributed by atoms with Gasteiger partial charge in [-0.25, -0.2) is 8.42 Å². The van der Waals surface area contributed by atoms with Gasteiger partial charge in [-0.15, -0.1) is 0 Å². The predicted octanol–water partition coefficient (Wildman–Crippen LogP) is 1.40. The molecule has 0 saturated heterocycles. The fraction of sp³-hybridized carbons (Fsp3) is 0.333. The Morgan fingerprint density at radius 3 is 2.39 bits per heavy atom. The molecule has 1 rings (SSSR count). The van der Waals surface area contributed by atoms with Crippen molar-refractivity contribution in [1.29, 1.82) is 10.5 Å². The zero-order valence-corrected chi connectivity index (χ0v) is 11.2. The molecule has 1 atom stereocenters. The summed E-state index contributed by atoms with van der Waals surface area (Å²) in [7, 11) is -2.34. The van der Waals surface area contributed by atoms with Crippen LogP contribution in [0.2, 0.25) is 0 Å². The van der Waals surface area contributed by atoms with Crippen LogP contribution in [-0.4, -0.2) is 25.8 Å². The van der Waals surface area contributed by atoms with Crippen LogP contribution in [0.3, 0.4) is 0 Å². The monoisotopic (exact) mass is 263 g/mol. The molecule has 0 fully saturated rings. The van der Waals surface area contributed by atoms with Gasteiger partial charge < -0.3 is 0 Å². The highest BCUT2D eigenvalue weighted by Gasteiger charge is 2.25. The second kappa shape index (κ2) is 5.18. The van der Waals surface area contributed by atoms with Crippen molar-refractivity contribution < 1.29 is 8.42 Å². The van der Waals surface area contributed by atoms with Crippen molar-refractivity contribution in [2.24, 2.45) is 0 Å². The van der Waals surface area contributed by atoms with Gasteiger partial charge in [0.25, 0.3) is 0 Å². The molecule has 0 aromatic heterocycles. The summed E-state index contributed by atoms with van der Waals surface area (Å²) in [6, 6.07) is 7.38. The molecule has 1 aromatic carbocycles. The lowest BCUT2D eigenvalue weighted by Gasteiger charge is -2.19. The van der Waals surface area contributed by atoms with E-state index in [2.05, 4.69) is 0 Å². The minimum atomic E-state index is -3.70. The summed E-state index contributed by atoms with van der Waals surface area (Å²) < 4.78 is 25.4. The Balaban J connectivity index is 3.27. The third kappa shape index (κ3) is 2.51. The minimum absolute atomic E-state index is 0.0867. The van der Waals surface area contributed by atoms with Crippen LogP contribution >= 0.6 is 0 Å². The van der Waals surface area contributed by atoms with Gasteiger partial charge in [0, 0.05) is 7.05 Å². The average molecular weight is 263 g/mol. The molecule has 18 heavy (non-hydrogen) atoms. The summed E-state index contributed by atoms with van der Waals surface area (Å²) in [5.74, 6) is 0. The lowest BCUT2D eigenvalue weighted by Crippen LogP contribution is -2.34. The van der Waals surface area contributed by atoms with Crippen molar-refractivity contribution in [2.75, 3.05) is 7.05 Å². The maximum Gasteiger partial charge on any atom is 0.244 e. The van der Waals surface area contributed by atoms with E-state index in [-0.39, 0.29) is 4.90 Å². The number of aryl methyl sites for hydroxylation is 1. The van der Waals surface area contributed by atoms with Crippen LogP contribution < -0.4 is 0 Å². The third-order valence-corrected chi connectivity index (χ3v) is 4.65. The van der Waals surface area contributed by atoms with Crippen molar-refractivity contribution in [2.45, 2.75) is 24.8 Å². The number of hydrogen-bond acceptors (Lipinski definition) is 4. The molecule has 1 unspecified atom stereocenters. The molecule has 6 heteroatoms. The van der Waals surface area contributed by atoms with Crippen LogP contribution in [0.25, 0.3) is 0 Å². The molecule has 0 heterocycles. The Kier molecular flexibility index (Phi) is 4.07. The molecule has 0 amide bonds. The van der Waals surface area contributed by atoms with E-state index in [9.17, 15) is 8.42 Å². The molecule has 0 aliphatic heterocycles. The van der Waals surface area contributed by atoms with E-state index in [1.54, 1.807) is 6.92 Å². The molecule has 0 radical (unpaired) electrons. The van der Waals surface area contributed by atoms with Gasteiger partial charge in [-0.1, -0.05) is 0 Å². The van der Waals surface area contributed by atoms with Crippen LogP contribution in [0.5, 0.6) is 0 Å². The second-order valence-electron chi connectivity index (χ2n) is 3.91. The maximum atomic E-state index is 12.2. The standard InChI is InChI=1S/C12H13N3O2S/c1-9-6-12(5-4-11(9)8-14)18(16,17)15(3)10(2)7-13/h4-6,10H,1-3H3. The van der Waals surface area contributed by atoms with Crippen LogP contribution in [0.15, 0.2) is 23.1 Å². The highest BCUT2D eigenvalue weighted by Crippen LogP contribution is 2.19. The van der Waals surface area contributed by atoms with E-state index in [4.69, 9.17) is 10.5 Å². The first-order valence-electron chi connectivity index (χ1n) is 5.23. The van der Waals surface area contributed by atoms with Crippen molar-refractivity contribution in [3.63, 3.8) is 0 Å². The first kappa shape index (κ1) is 14.2. The first-order chi connectivity index (χ1) is 8.34. The Bertz CT molecular complexity index is 638. The number of rotatable bonds is 3. The van der Waals surface area contributed by atoms with Gasteiger partial charge >= 0.3 is 0 Å². The molecule has 1 aromatic rings. The zero-order chi connectivity index (χ0) is 13.9. The number of benzene rings is 1. The molecule has 0 aliphatic rings. The fourth-order valence-electron chi connectivity index (χ4n) is 1.38. The molecule has 0 N–H and O–H groups in total. The third-order valence-electron chi connectivity index (χ3n) is 2.73. The zero-order valence-electron chi connectivity index (χ0n) is 10.4. The number of sulfonamides is 1. The summed E-state index contributed by atoms with van der Waals surface area (Å²) in [5.41, 5.74) is 1.03. The van der Waals surface area contributed by atoms with Crippen molar-refractivity contribution >= 4 is 10.0 Å². The van der Waals surface area contributed by atoms with Crippen molar-refractivity contribution in [1.82, 2.24) is 4.31 Å². The second-order valence-corrected chi connectivity index (χ2v) is 5.91. The SMILES string of the molecule is Cc1cc(S(=O)(=O)N(C)C(C)C#N)ccc1C#N. The van der Waals surface area contributed by atoms with Crippen LogP contribution in [-0.2, 0) is 10.0 Å². The molecule has 0 spiro atoms. The summed E-state index contributed by atoms with van der Waals surface area (Å²) in [5, 5.41) is 17.5. The summed E-state index contributed by atoms with van der Waals surface area (Å²) in [4.78, 5) is 0.0867. The topological polar surface area (TPSA) is 85.0 Å². The lowest BCUT2D eigenvalue weighted by atomic mass is 10.1. The number of nitriles is 2. The number of hydrogen-bond donors (Lipinski definition) is 0. The molecular weight excluding hydrogens is 250 g/mol. The van der Waals surface area contributed by atoms with Crippen LogP contribution in [0.1, 0.15) is 18.1 Å². The van der Waals surface area contributed by atoms with E-state index < -0.39 is 16.1 Å². The Labute approximate surface area is 107 Å². The summed E-state index contributed by atoms with van der Waals surface area (Å²) in [6.07, 6.45) is 0. The average Bonchev–Trinajstić information content (AvgIpc) is 2.36. The lowest BCUT2D eigenvalue weighted by molar-refractivity contribution is 0.442. The van der Waals surface area contributed by atoms with Gasteiger partial charge in [-0.3, -0.25) is 0 Å². The smallest absolute Gasteiger partial charge is 0.207 e. The van der Waals surface area contributed by atoms with Crippen LogP contribution in [0.4, 0.5) is 0 Å².